The van der Waals surface area contributed by atoms with Gasteiger partial charge in [-0.1, -0.05) is 58.9 Å². The van der Waals surface area contributed by atoms with Crippen molar-refractivity contribution in [3.63, 3.8) is 0 Å². The Morgan fingerprint density at radius 1 is 1.18 bits per heavy atom. The average molecular weight is 392 g/mol. The molecule has 1 saturated carbocycles. The van der Waals surface area contributed by atoms with Crippen LogP contribution in [-0.4, -0.2) is 29.0 Å². The molecule has 1 unspecified atom stereocenters. The van der Waals surface area contributed by atoms with Crippen LogP contribution >= 0.6 is 0 Å². The van der Waals surface area contributed by atoms with Gasteiger partial charge >= 0.3 is 0 Å². The third kappa shape index (κ3) is 8.40. The first kappa shape index (κ1) is 23.0. The maximum Gasteiger partial charge on any atom is 0.160 e. The van der Waals surface area contributed by atoms with Crippen molar-refractivity contribution in [1.82, 2.24) is 0 Å². The van der Waals surface area contributed by atoms with Crippen LogP contribution in [0.4, 0.5) is 0 Å². The van der Waals surface area contributed by atoms with Crippen LogP contribution in [0.1, 0.15) is 77.7 Å². The fourth-order valence-electron chi connectivity index (χ4n) is 3.77. The van der Waals surface area contributed by atoms with E-state index in [1.54, 1.807) is 6.07 Å². The molecule has 2 rings (SSSR count). The summed E-state index contributed by atoms with van der Waals surface area (Å²) >= 11 is 0. The number of aromatic hydroxyl groups is 1. The third-order valence-corrected chi connectivity index (χ3v) is 5.99. The Morgan fingerprint density at radius 3 is 2.54 bits per heavy atom. The highest BCUT2D eigenvalue weighted by molar-refractivity contribution is 5.41. The largest absolute Gasteiger partial charge is 0.504 e. The van der Waals surface area contributed by atoms with Gasteiger partial charge in [-0.25, -0.2) is 0 Å². The number of aliphatic hydroxyl groups excluding tert-OH is 1. The molecule has 2 atom stereocenters. The summed E-state index contributed by atoms with van der Waals surface area (Å²) in [6.45, 7) is 7.46. The van der Waals surface area contributed by atoms with E-state index in [0.717, 1.165) is 37.2 Å². The van der Waals surface area contributed by atoms with Crippen LogP contribution in [0.25, 0.3) is 0 Å². The Kier molecular flexibility index (Phi) is 9.10. The molecule has 1 fully saturated rings. The highest BCUT2D eigenvalue weighted by Gasteiger charge is 2.33. The fraction of sp³-hybridized carbons (Fsp3) is 0.750. The Morgan fingerprint density at radius 2 is 1.93 bits per heavy atom. The van der Waals surface area contributed by atoms with Crippen molar-refractivity contribution in [2.45, 2.75) is 84.1 Å². The van der Waals surface area contributed by atoms with E-state index < -0.39 is 5.54 Å². The highest BCUT2D eigenvalue weighted by Crippen LogP contribution is 2.37. The van der Waals surface area contributed by atoms with Gasteiger partial charge in [-0.3, -0.25) is 0 Å². The van der Waals surface area contributed by atoms with E-state index in [2.05, 4.69) is 20.8 Å². The second-order valence-corrected chi connectivity index (χ2v) is 9.54. The molecule has 1 aliphatic rings. The monoisotopic (exact) mass is 391 g/mol. The maximum atomic E-state index is 10.3. The van der Waals surface area contributed by atoms with Gasteiger partial charge in [-0.2, -0.15) is 0 Å². The van der Waals surface area contributed by atoms with E-state index in [1.165, 1.54) is 32.1 Å². The van der Waals surface area contributed by atoms with Gasteiger partial charge in [-0.05, 0) is 61.1 Å². The van der Waals surface area contributed by atoms with Gasteiger partial charge < -0.3 is 20.7 Å². The molecule has 0 bridgehead atoms. The summed E-state index contributed by atoms with van der Waals surface area (Å²) in [6.07, 6.45) is 9.66. The minimum Gasteiger partial charge on any atom is -0.504 e. The summed E-state index contributed by atoms with van der Waals surface area (Å²) in [4.78, 5) is 0. The van der Waals surface area contributed by atoms with Crippen LogP contribution in [0.15, 0.2) is 18.2 Å². The predicted octanol–water partition coefficient (Wildman–Crippen LogP) is 5.05. The summed E-state index contributed by atoms with van der Waals surface area (Å²) in [6, 6.07) is 5.62. The zero-order chi connectivity index (χ0) is 20.6. The van der Waals surface area contributed by atoms with Gasteiger partial charge in [0.25, 0.3) is 0 Å². The van der Waals surface area contributed by atoms with Gasteiger partial charge in [0.2, 0.25) is 0 Å². The van der Waals surface area contributed by atoms with E-state index in [0.29, 0.717) is 24.2 Å². The van der Waals surface area contributed by atoms with Crippen LogP contribution in [0.5, 0.6) is 11.5 Å². The zero-order valence-electron chi connectivity index (χ0n) is 18.1. The molecule has 1 aromatic carbocycles. The molecular formula is C24H41NO3. The first-order valence-electron chi connectivity index (χ1n) is 11.2. The zero-order valence-corrected chi connectivity index (χ0v) is 18.1. The van der Waals surface area contributed by atoms with E-state index in [9.17, 15) is 10.2 Å². The van der Waals surface area contributed by atoms with Crippen molar-refractivity contribution < 1.29 is 14.9 Å². The van der Waals surface area contributed by atoms with E-state index in [1.807, 2.05) is 12.1 Å². The molecule has 0 spiro atoms. The summed E-state index contributed by atoms with van der Waals surface area (Å²) < 4.78 is 5.80. The van der Waals surface area contributed by atoms with Gasteiger partial charge in [0.15, 0.2) is 11.5 Å². The Balaban J connectivity index is 1.73. The number of phenolic OH excluding ortho intramolecular Hbond substituents is 1. The van der Waals surface area contributed by atoms with Crippen LogP contribution < -0.4 is 10.5 Å². The van der Waals surface area contributed by atoms with Gasteiger partial charge in [-0.15, -0.1) is 0 Å². The lowest BCUT2D eigenvalue weighted by molar-refractivity contribution is 0.172. The fourth-order valence-corrected chi connectivity index (χ4v) is 3.77. The van der Waals surface area contributed by atoms with Crippen molar-refractivity contribution in [3.8, 4) is 11.5 Å². The molecule has 0 aromatic heterocycles. The minimum absolute atomic E-state index is 0.0199. The number of hydrogen-bond acceptors (Lipinski definition) is 4. The summed E-state index contributed by atoms with van der Waals surface area (Å²) in [5, 5.41) is 20.0. The van der Waals surface area contributed by atoms with Gasteiger partial charge in [0, 0.05) is 5.54 Å². The van der Waals surface area contributed by atoms with Crippen LogP contribution in [0.2, 0.25) is 0 Å². The maximum absolute atomic E-state index is 10.3. The van der Waals surface area contributed by atoms with E-state index >= 15 is 0 Å². The van der Waals surface area contributed by atoms with Crippen molar-refractivity contribution in [3.05, 3.63) is 23.8 Å². The smallest absolute Gasteiger partial charge is 0.160 e. The first-order valence-corrected chi connectivity index (χ1v) is 11.2. The molecule has 4 N–H and O–H groups in total. The first-order chi connectivity index (χ1) is 13.3. The molecule has 0 aliphatic heterocycles. The lowest BCUT2D eigenvalue weighted by atomic mass is 9.88. The Bertz CT molecular complexity index is 585. The molecule has 4 heteroatoms. The molecule has 1 aliphatic carbocycles. The number of rotatable bonds is 14. The molecule has 160 valence electrons. The number of nitrogens with two attached hydrogens (primary N) is 1. The van der Waals surface area contributed by atoms with Crippen LogP contribution in [-0.2, 0) is 6.42 Å². The van der Waals surface area contributed by atoms with Gasteiger partial charge in [0.05, 0.1) is 13.2 Å². The van der Waals surface area contributed by atoms with Gasteiger partial charge in [0.1, 0.15) is 0 Å². The number of ether oxygens (including phenoxy) is 1. The SMILES string of the molecule is CC(C)CCCC(C)CCOc1ccc(CC[C@@](N)(CO)CC2CC2)cc1O. The molecule has 0 heterocycles. The number of aliphatic hydroxyl groups is 1. The number of hydrogen-bond donors (Lipinski definition) is 3. The molecule has 0 radical (unpaired) electrons. The number of benzene rings is 1. The van der Waals surface area contributed by atoms with Crippen LogP contribution in [0, 0.1) is 17.8 Å². The molecule has 4 nitrogen and oxygen atoms in total. The molecular weight excluding hydrogens is 350 g/mol. The highest BCUT2D eigenvalue weighted by atomic mass is 16.5. The second-order valence-electron chi connectivity index (χ2n) is 9.54. The number of aryl methyl sites for hydroxylation is 1. The minimum atomic E-state index is -0.502. The lowest BCUT2D eigenvalue weighted by Gasteiger charge is -2.27. The standard InChI is InChI=1S/C24H41NO3/c1-18(2)5-4-6-19(3)12-14-28-23-10-9-20(15-22(23)27)11-13-24(25,17-26)16-21-7-8-21/h9-10,15,18-19,21,26-27H,4-8,11-14,16-17,25H2,1-3H3/t19?,24-/m0/s1. The normalized spacial score (nSPS) is 17.5. The summed E-state index contributed by atoms with van der Waals surface area (Å²) in [5.74, 6) is 2.85. The molecule has 28 heavy (non-hydrogen) atoms. The van der Waals surface area contributed by atoms with Crippen molar-refractivity contribution in [2.24, 2.45) is 23.5 Å². The third-order valence-electron chi connectivity index (χ3n) is 5.99. The summed E-state index contributed by atoms with van der Waals surface area (Å²) in [5.41, 5.74) is 6.89. The topological polar surface area (TPSA) is 75.7 Å². The molecule has 0 saturated heterocycles. The quantitative estimate of drug-likeness (QED) is 0.415. The average Bonchev–Trinajstić information content (AvgIpc) is 3.45. The van der Waals surface area contributed by atoms with E-state index in [-0.39, 0.29) is 12.4 Å². The molecule has 1 aromatic rings. The lowest BCUT2D eigenvalue weighted by Crippen LogP contribution is -2.44. The van der Waals surface area contributed by atoms with Crippen molar-refractivity contribution in [1.29, 1.82) is 0 Å². The van der Waals surface area contributed by atoms with Crippen molar-refractivity contribution in [2.75, 3.05) is 13.2 Å². The Hall–Kier alpha value is -1.26. The number of phenols is 1. The van der Waals surface area contributed by atoms with E-state index in [4.69, 9.17) is 10.5 Å². The summed E-state index contributed by atoms with van der Waals surface area (Å²) in [7, 11) is 0. The second kappa shape index (κ2) is 11.1. The Labute approximate surface area is 171 Å². The van der Waals surface area contributed by atoms with Crippen LogP contribution in [0.3, 0.4) is 0 Å². The van der Waals surface area contributed by atoms with Crippen molar-refractivity contribution >= 4 is 0 Å². The molecule has 0 amide bonds. The predicted molar refractivity (Wildman–Crippen MR) is 116 cm³/mol.